The third-order valence-corrected chi connectivity index (χ3v) is 6.51. The fourth-order valence-corrected chi connectivity index (χ4v) is 3.97. The Balaban J connectivity index is 1.67. The van der Waals surface area contributed by atoms with Crippen molar-refractivity contribution in [1.29, 1.82) is 0 Å². The number of Topliss-reactive ketones (excluding diaryl/α,β-unsaturated/α-hetero) is 1. The summed E-state index contributed by atoms with van der Waals surface area (Å²) in [4.78, 5) is 61.7. The van der Waals surface area contributed by atoms with Crippen LogP contribution in [-0.2, 0) is 28.7 Å². The smallest absolute Gasteiger partial charge is 0.356 e. The van der Waals surface area contributed by atoms with E-state index in [9.17, 15) is 50.3 Å². The lowest BCUT2D eigenvalue weighted by molar-refractivity contribution is -0.321. The molecule has 3 atom stereocenters. The molecule has 4 N–H and O–H groups in total. The van der Waals surface area contributed by atoms with Crippen LogP contribution >= 0.6 is 0 Å². The van der Waals surface area contributed by atoms with Crippen LogP contribution in [0, 0.1) is 11.8 Å². The molecule has 0 aromatic rings. The lowest BCUT2D eigenvalue weighted by Gasteiger charge is -2.25. The first-order chi connectivity index (χ1) is 17.1. The molecule has 3 aliphatic rings. The lowest BCUT2D eigenvalue weighted by Crippen LogP contribution is -2.57. The molecule has 37 heavy (non-hydrogen) atoms. The minimum absolute atomic E-state index is 0.0147. The number of ether oxygens (including phenoxy) is 1. The van der Waals surface area contributed by atoms with Gasteiger partial charge in [-0.2, -0.15) is 13.2 Å². The molecule has 208 valence electrons. The van der Waals surface area contributed by atoms with Gasteiger partial charge in [-0.3, -0.25) is 28.7 Å². The van der Waals surface area contributed by atoms with Crippen molar-refractivity contribution in [3.8, 4) is 0 Å². The van der Waals surface area contributed by atoms with Gasteiger partial charge in [0.05, 0.1) is 6.04 Å². The average molecular weight is 544 g/mol. The van der Waals surface area contributed by atoms with Crippen molar-refractivity contribution < 1.29 is 55.1 Å². The summed E-state index contributed by atoms with van der Waals surface area (Å²) in [5, 5.41) is 8.41. The van der Waals surface area contributed by atoms with Crippen LogP contribution in [0.4, 0.5) is 26.3 Å². The first-order valence-corrected chi connectivity index (χ1v) is 11.6. The molecule has 1 aliphatic heterocycles. The molecule has 2 unspecified atom stereocenters. The number of halogens is 6. The summed E-state index contributed by atoms with van der Waals surface area (Å²) in [6.07, 6.45) is -9.44. The Kier molecular flexibility index (Phi) is 8.39. The number of hydrogen-bond donors (Lipinski definition) is 4. The van der Waals surface area contributed by atoms with Gasteiger partial charge in [0.25, 0.3) is 0 Å². The first kappa shape index (κ1) is 28.7. The second-order valence-electron chi connectivity index (χ2n) is 9.51. The van der Waals surface area contributed by atoms with Gasteiger partial charge in [-0.25, -0.2) is 0 Å². The third kappa shape index (κ3) is 8.04. The van der Waals surface area contributed by atoms with E-state index >= 15 is 0 Å². The molecule has 3 fully saturated rings. The zero-order valence-electron chi connectivity index (χ0n) is 19.4. The summed E-state index contributed by atoms with van der Waals surface area (Å²) in [5.74, 6) is -6.60. The zero-order chi connectivity index (χ0) is 27.6. The van der Waals surface area contributed by atoms with Crippen molar-refractivity contribution in [1.82, 2.24) is 21.3 Å². The zero-order valence-corrected chi connectivity index (χ0v) is 19.4. The van der Waals surface area contributed by atoms with Gasteiger partial charge in [0.15, 0.2) is 5.78 Å². The van der Waals surface area contributed by atoms with Crippen LogP contribution in [0.1, 0.15) is 44.9 Å². The molecule has 0 aromatic heterocycles. The fourth-order valence-electron chi connectivity index (χ4n) is 3.97. The summed E-state index contributed by atoms with van der Waals surface area (Å²) in [6.45, 7) is -1.17. The van der Waals surface area contributed by atoms with Crippen LogP contribution in [0.25, 0.3) is 0 Å². The summed E-state index contributed by atoms with van der Waals surface area (Å²) < 4.78 is 80.1. The number of rotatable bonds is 11. The SMILES string of the molecule is O=C(NC(CC1CC1)C(=O)NC(C[C@@H]1CCNC1=O)C(=O)COC(F)(F)F)C(=O)NC1(C(F)(F)F)CC1. The molecule has 2 saturated carbocycles. The number of ketones is 1. The van der Waals surface area contributed by atoms with Gasteiger partial charge in [-0.1, -0.05) is 12.8 Å². The van der Waals surface area contributed by atoms with Crippen LogP contribution in [0.2, 0.25) is 0 Å². The molecule has 2 aliphatic carbocycles. The number of hydrogen-bond acceptors (Lipinski definition) is 6. The molecule has 0 aromatic carbocycles. The normalized spacial score (nSPS) is 22.4. The lowest BCUT2D eigenvalue weighted by atomic mass is 9.95. The Hall–Kier alpha value is -2.91. The van der Waals surface area contributed by atoms with E-state index in [4.69, 9.17) is 0 Å². The van der Waals surface area contributed by atoms with E-state index in [1.54, 1.807) is 5.32 Å². The van der Waals surface area contributed by atoms with Crippen molar-refractivity contribution in [2.45, 2.75) is 75.1 Å². The molecule has 1 saturated heterocycles. The molecule has 3 rings (SSSR count). The van der Waals surface area contributed by atoms with E-state index in [-0.39, 0.29) is 31.7 Å². The summed E-state index contributed by atoms with van der Waals surface area (Å²) in [7, 11) is 0. The average Bonchev–Trinajstić information content (AvgIpc) is 3.71. The quantitative estimate of drug-likeness (QED) is 0.222. The Morgan fingerprint density at radius 1 is 0.946 bits per heavy atom. The molecule has 0 bridgehead atoms. The molecule has 1 heterocycles. The summed E-state index contributed by atoms with van der Waals surface area (Å²) in [6, 6.07) is -3.04. The van der Waals surface area contributed by atoms with E-state index in [0.717, 1.165) is 0 Å². The van der Waals surface area contributed by atoms with Crippen LogP contribution in [0.15, 0.2) is 0 Å². The van der Waals surface area contributed by atoms with Crippen LogP contribution in [0.5, 0.6) is 0 Å². The van der Waals surface area contributed by atoms with Crippen molar-refractivity contribution in [2.75, 3.05) is 13.2 Å². The van der Waals surface area contributed by atoms with Crippen LogP contribution in [0.3, 0.4) is 0 Å². The Morgan fingerprint density at radius 3 is 2.08 bits per heavy atom. The fraction of sp³-hybridized carbons (Fsp3) is 0.762. The highest BCUT2D eigenvalue weighted by Gasteiger charge is 2.64. The largest absolute Gasteiger partial charge is 0.522 e. The number of alkyl halides is 6. The summed E-state index contributed by atoms with van der Waals surface area (Å²) in [5.41, 5.74) is -2.51. The highest BCUT2D eigenvalue weighted by Crippen LogP contribution is 2.48. The highest BCUT2D eigenvalue weighted by molar-refractivity contribution is 6.35. The minimum Gasteiger partial charge on any atom is -0.356 e. The molecule has 0 spiro atoms. The first-order valence-electron chi connectivity index (χ1n) is 11.6. The van der Waals surface area contributed by atoms with Gasteiger partial charge in [-0.05, 0) is 38.0 Å². The maximum atomic E-state index is 13.1. The van der Waals surface area contributed by atoms with Crippen LogP contribution < -0.4 is 21.3 Å². The topological polar surface area (TPSA) is 143 Å². The van der Waals surface area contributed by atoms with Gasteiger partial charge in [0.2, 0.25) is 11.8 Å². The predicted molar refractivity (Wildman–Crippen MR) is 110 cm³/mol. The van der Waals surface area contributed by atoms with Gasteiger partial charge >= 0.3 is 24.4 Å². The maximum Gasteiger partial charge on any atom is 0.522 e. The molecule has 0 radical (unpaired) electrons. The second kappa shape index (κ2) is 10.8. The molecule has 4 amide bonds. The Bertz CT molecular complexity index is 931. The highest BCUT2D eigenvalue weighted by atomic mass is 19.4. The number of carbonyl (C=O) groups is 5. The predicted octanol–water partition coefficient (Wildman–Crippen LogP) is 0.599. The number of amides is 4. The van der Waals surface area contributed by atoms with E-state index in [2.05, 4.69) is 20.7 Å². The standard InChI is InChI=1S/C21H26F6N4O6/c22-20(23,24)19(4-5-19)31-18(36)17(35)30-13(7-10-1-2-10)16(34)29-12(8-11-3-6-28-15(11)33)14(32)9-37-21(25,26)27/h10-13H,1-9H2,(H,28,33)(H,29,34)(H,30,35)(H,31,36)/t11-,12?,13?/m0/s1. The van der Waals surface area contributed by atoms with Gasteiger partial charge in [0.1, 0.15) is 18.2 Å². The van der Waals surface area contributed by atoms with E-state index < -0.39 is 84.9 Å². The number of nitrogens with one attached hydrogen (secondary N) is 4. The molecular weight excluding hydrogens is 518 g/mol. The third-order valence-electron chi connectivity index (χ3n) is 6.51. The monoisotopic (exact) mass is 544 g/mol. The maximum absolute atomic E-state index is 13.1. The number of carbonyl (C=O) groups excluding carboxylic acids is 5. The minimum atomic E-state index is -5.12. The van der Waals surface area contributed by atoms with Gasteiger partial charge < -0.3 is 21.3 Å². The van der Waals surface area contributed by atoms with E-state index in [1.807, 2.05) is 0 Å². The van der Waals surface area contributed by atoms with E-state index in [1.165, 1.54) is 0 Å². The second-order valence-corrected chi connectivity index (χ2v) is 9.51. The van der Waals surface area contributed by atoms with Gasteiger partial charge in [0, 0.05) is 12.5 Å². The van der Waals surface area contributed by atoms with Crippen molar-refractivity contribution in [3.63, 3.8) is 0 Å². The van der Waals surface area contributed by atoms with Crippen molar-refractivity contribution in [2.24, 2.45) is 11.8 Å². The molecule has 16 heteroatoms. The van der Waals surface area contributed by atoms with Crippen molar-refractivity contribution in [3.05, 3.63) is 0 Å². The molecule has 10 nitrogen and oxygen atoms in total. The van der Waals surface area contributed by atoms with E-state index in [0.29, 0.717) is 12.8 Å². The summed E-state index contributed by atoms with van der Waals surface area (Å²) >= 11 is 0. The van der Waals surface area contributed by atoms with Gasteiger partial charge in [-0.15, -0.1) is 13.2 Å². The Labute approximate surface area is 206 Å². The Morgan fingerprint density at radius 2 is 1.59 bits per heavy atom. The van der Waals surface area contributed by atoms with Crippen LogP contribution in [-0.4, -0.2) is 72.7 Å². The van der Waals surface area contributed by atoms with Crippen molar-refractivity contribution >= 4 is 29.4 Å². The molecular formula is C21H26F6N4O6.